The van der Waals surface area contributed by atoms with Crippen molar-refractivity contribution >= 4 is 11.5 Å². The average Bonchev–Trinajstić information content (AvgIpc) is 2.34. The fourth-order valence-corrected chi connectivity index (χ4v) is 1.41. The molecule has 0 aliphatic heterocycles. The van der Waals surface area contributed by atoms with E-state index in [9.17, 15) is 4.39 Å². The van der Waals surface area contributed by atoms with Crippen molar-refractivity contribution in [2.45, 2.75) is 0 Å². The lowest BCUT2D eigenvalue weighted by atomic mass is 10.3. The van der Waals surface area contributed by atoms with Gasteiger partial charge in [0.15, 0.2) is 5.82 Å². The third-order valence-electron chi connectivity index (χ3n) is 2.11. The second-order valence-corrected chi connectivity index (χ2v) is 3.12. The number of hydrogen-bond acceptors (Lipinski definition) is 3. The van der Waals surface area contributed by atoms with Gasteiger partial charge in [0.05, 0.1) is 7.11 Å². The summed E-state index contributed by atoms with van der Waals surface area (Å²) in [5.41, 5.74) is 0.337. The number of rotatable bonds is 3. The first-order valence-electron chi connectivity index (χ1n) is 4.82. The highest BCUT2D eigenvalue weighted by atomic mass is 19.1. The summed E-state index contributed by atoms with van der Waals surface area (Å²) in [4.78, 5) is 9.24. The van der Waals surface area contributed by atoms with E-state index in [-0.39, 0.29) is 5.82 Å². The maximum atomic E-state index is 13.6. The van der Waals surface area contributed by atoms with Crippen molar-refractivity contribution in [3.63, 3.8) is 0 Å². The minimum Gasteiger partial charge on any atom is -0.270 e. The van der Waals surface area contributed by atoms with E-state index >= 15 is 0 Å². The first-order valence-corrected chi connectivity index (χ1v) is 4.82. The van der Waals surface area contributed by atoms with Crippen LogP contribution in [0.25, 0.3) is 0 Å². The van der Waals surface area contributed by atoms with Crippen LogP contribution in [0.5, 0.6) is 0 Å². The zero-order valence-electron chi connectivity index (χ0n) is 8.80. The Labute approximate surface area is 93.1 Å². The number of para-hydroxylation sites is 1. The number of anilines is 2. The average molecular weight is 218 g/mol. The fourth-order valence-electron chi connectivity index (χ4n) is 1.41. The molecule has 0 saturated heterocycles. The van der Waals surface area contributed by atoms with Crippen molar-refractivity contribution in [2.75, 3.05) is 12.2 Å². The van der Waals surface area contributed by atoms with Crippen LogP contribution in [0.1, 0.15) is 0 Å². The van der Waals surface area contributed by atoms with Gasteiger partial charge < -0.3 is 0 Å². The van der Waals surface area contributed by atoms with Gasteiger partial charge in [-0.15, -0.1) is 0 Å². The molecule has 0 amide bonds. The molecule has 1 heterocycles. The SMILES string of the molecule is CON(c1ccccn1)c1ccccc1F. The fraction of sp³-hybridized carbons (Fsp3) is 0.0833. The van der Waals surface area contributed by atoms with Gasteiger partial charge in [-0.1, -0.05) is 18.2 Å². The predicted octanol–water partition coefficient (Wildman–Crippen LogP) is 2.92. The van der Waals surface area contributed by atoms with Crippen LogP contribution >= 0.6 is 0 Å². The van der Waals surface area contributed by atoms with Crippen LogP contribution in [0.4, 0.5) is 15.9 Å². The lowest BCUT2D eigenvalue weighted by Crippen LogP contribution is -2.17. The Morgan fingerprint density at radius 1 is 1.12 bits per heavy atom. The molecule has 0 unspecified atom stereocenters. The molecule has 0 atom stereocenters. The standard InChI is InChI=1S/C12H11FN2O/c1-16-15(12-8-4-5-9-14-12)11-7-3-2-6-10(11)13/h2-9H,1H3. The maximum absolute atomic E-state index is 13.6. The highest BCUT2D eigenvalue weighted by molar-refractivity contribution is 5.57. The van der Waals surface area contributed by atoms with E-state index in [0.29, 0.717) is 11.5 Å². The highest BCUT2D eigenvalue weighted by Crippen LogP contribution is 2.25. The van der Waals surface area contributed by atoms with Crippen molar-refractivity contribution < 1.29 is 9.23 Å². The number of nitrogens with zero attached hydrogens (tertiary/aromatic N) is 2. The molecule has 3 nitrogen and oxygen atoms in total. The summed E-state index contributed by atoms with van der Waals surface area (Å²) < 4.78 is 13.6. The second kappa shape index (κ2) is 4.72. The summed E-state index contributed by atoms with van der Waals surface area (Å²) in [6.07, 6.45) is 1.63. The molecule has 2 rings (SSSR count). The highest BCUT2D eigenvalue weighted by Gasteiger charge is 2.13. The van der Waals surface area contributed by atoms with Crippen molar-refractivity contribution in [1.82, 2.24) is 4.98 Å². The Balaban J connectivity index is 2.41. The topological polar surface area (TPSA) is 25.4 Å². The number of hydrogen-bond donors (Lipinski definition) is 0. The van der Waals surface area contributed by atoms with E-state index in [4.69, 9.17) is 4.84 Å². The summed E-state index contributed by atoms with van der Waals surface area (Å²) in [5.74, 6) is 0.185. The monoisotopic (exact) mass is 218 g/mol. The molecule has 16 heavy (non-hydrogen) atoms. The Hall–Kier alpha value is -1.94. The van der Waals surface area contributed by atoms with Crippen molar-refractivity contribution in [3.8, 4) is 0 Å². The Morgan fingerprint density at radius 2 is 1.88 bits per heavy atom. The van der Waals surface area contributed by atoms with Gasteiger partial charge in [0.25, 0.3) is 0 Å². The molecule has 0 aliphatic carbocycles. The maximum Gasteiger partial charge on any atom is 0.158 e. The summed E-state index contributed by atoms with van der Waals surface area (Å²) in [6.45, 7) is 0. The summed E-state index contributed by atoms with van der Waals surface area (Å²) in [5, 5.41) is 1.34. The first-order chi connectivity index (χ1) is 7.83. The van der Waals surface area contributed by atoms with Crippen LogP contribution in [-0.4, -0.2) is 12.1 Å². The zero-order chi connectivity index (χ0) is 11.4. The molecule has 0 aliphatic rings. The number of benzene rings is 1. The lowest BCUT2D eigenvalue weighted by Gasteiger charge is -2.20. The van der Waals surface area contributed by atoms with E-state index < -0.39 is 0 Å². The zero-order valence-corrected chi connectivity index (χ0v) is 8.80. The van der Waals surface area contributed by atoms with Crippen molar-refractivity contribution in [3.05, 3.63) is 54.5 Å². The molecular formula is C12H11FN2O. The minimum atomic E-state index is -0.352. The van der Waals surface area contributed by atoms with Crippen LogP contribution in [0.3, 0.4) is 0 Å². The number of halogens is 1. The number of aromatic nitrogens is 1. The van der Waals surface area contributed by atoms with Crippen LogP contribution < -0.4 is 5.06 Å². The Bertz CT molecular complexity index is 462. The van der Waals surface area contributed by atoms with Crippen LogP contribution in [0.2, 0.25) is 0 Å². The van der Waals surface area contributed by atoms with Gasteiger partial charge >= 0.3 is 0 Å². The molecule has 0 saturated carbocycles. The molecule has 0 bridgehead atoms. The summed E-state index contributed by atoms with van der Waals surface area (Å²) in [6, 6.07) is 11.7. The summed E-state index contributed by atoms with van der Waals surface area (Å²) >= 11 is 0. The van der Waals surface area contributed by atoms with E-state index in [2.05, 4.69) is 4.98 Å². The molecule has 4 heteroatoms. The van der Waals surface area contributed by atoms with E-state index in [1.54, 1.807) is 36.5 Å². The molecule has 1 aromatic heterocycles. The Kier molecular flexibility index (Phi) is 3.12. The first kappa shape index (κ1) is 10.6. The summed E-state index contributed by atoms with van der Waals surface area (Å²) in [7, 11) is 1.47. The lowest BCUT2D eigenvalue weighted by molar-refractivity contribution is 0.197. The van der Waals surface area contributed by atoms with E-state index in [1.165, 1.54) is 18.2 Å². The van der Waals surface area contributed by atoms with E-state index in [1.807, 2.05) is 6.07 Å². The molecule has 0 fully saturated rings. The van der Waals surface area contributed by atoms with Gasteiger partial charge in [0.1, 0.15) is 11.5 Å². The minimum absolute atomic E-state index is 0.337. The third kappa shape index (κ3) is 2.01. The molecule has 82 valence electrons. The van der Waals surface area contributed by atoms with Gasteiger partial charge in [-0.3, -0.25) is 4.84 Å². The van der Waals surface area contributed by atoms with Crippen LogP contribution in [0.15, 0.2) is 48.7 Å². The predicted molar refractivity (Wildman–Crippen MR) is 59.8 cm³/mol. The molecule has 0 N–H and O–H groups in total. The van der Waals surface area contributed by atoms with E-state index in [0.717, 1.165) is 0 Å². The molecule has 0 radical (unpaired) electrons. The van der Waals surface area contributed by atoms with Gasteiger partial charge in [0.2, 0.25) is 0 Å². The smallest absolute Gasteiger partial charge is 0.158 e. The molecule has 2 aromatic rings. The second-order valence-electron chi connectivity index (χ2n) is 3.12. The quantitative estimate of drug-likeness (QED) is 0.740. The van der Waals surface area contributed by atoms with Crippen molar-refractivity contribution in [2.24, 2.45) is 0 Å². The van der Waals surface area contributed by atoms with Gasteiger partial charge in [-0.25, -0.2) is 14.4 Å². The number of pyridine rings is 1. The normalized spacial score (nSPS) is 10.1. The van der Waals surface area contributed by atoms with Crippen molar-refractivity contribution in [1.29, 1.82) is 0 Å². The van der Waals surface area contributed by atoms with Gasteiger partial charge in [-0.05, 0) is 24.3 Å². The molecule has 0 spiro atoms. The van der Waals surface area contributed by atoms with Crippen LogP contribution in [0, 0.1) is 5.82 Å². The Morgan fingerprint density at radius 3 is 2.50 bits per heavy atom. The third-order valence-corrected chi connectivity index (χ3v) is 2.11. The molecule has 1 aromatic carbocycles. The van der Waals surface area contributed by atoms with Gasteiger partial charge in [0, 0.05) is 6.20 Å². The largest absolute Gasteiger partial charge is 0.270 e. The molecular weight excluding hydrogens is 207 g/mol. The van der Waals surface area contributed by atoms with Crippen LogP contribution in [-0.2, 0) is 4.84 Å². The van der Waals surface area contributed by atoms with Gasteiger partial charge in [-0.2, -0.15) is 0 Å².